The second-order valence-corrected chi connectivity index (χ2v) is 4.96. The Morgan fingerprint density at radius 1 is 1.20 bits per heavy atom. The fourth-order valence-corrected chi connectivity index (χ4v) is 3.01. The van der Waals surface area contributed by atoms with Gasteiger partial charge in [0.15, 0.2) is 0 Å². The van der Waals surface area contributed by atoms with E-state index >= 15 is 0 Å². The van der Waals surface area contributed by atoms with Crippen LogP contribution in [0.15, 0.2) is 24.3 Å². The number of hydrogen-bond acceptors (Lipinski definition) is 3. The Labute approximate surface area is 93.0 Å². The highest BCUT2D eigenvalue weighted by Gasteiger charge is 2.16. The molecule has 1 aliphatic heterocycles. The molecule has 2 rings (SSSR count). The van der Waals surface area contributed by atoms with E-state index in [0.717, 1.165) is 0 Å². The van der Waals surface area contributed by atoms with E-state index in [4.69, 9.17) is 0 Å². The first-order valence-electron chi connectivity index (χ1n) is 5.09. The maximum absolute atomic E-state index is 10.5. The van der Waals surface area contributed by atoms with Crippen LogP contribution in [-0.2, 0) is 0 Å². The highest BCUT2D eigenvalue weighted by Crippen LogP contribution is 2.32. The van der Waals surface area contributed by atoms with Gasteiger partial charge in [0.05, 0.1) is 4.92 Å². The number of benzene rings is 1. The zero-order valence-electron chi connectivity index (χ0n) is 8.39. The Morgan fingerprint density at radius 3 is 2.33 bits per heavy atom. The van der Waals surface area contributed by atoms with Crippen molar-refractivity contribution in [3.63, 3.8) is 0 Å². The van der Waals surface area contributed by atoms with Gasteiger partial charge in [-0.25, -0.2) is 0 Å². The number of non-ortho nitro benzene ring substituents is 1. The van der Waals surface area contributed by atoms with Crippen LogP contribution < -0.4 is 0 Å². The van der Waals surface area contributed by atoms with Crippen molar-refractivity contribution >= 4 is 17.4 Å². The van der Waals surface area contributed by atoms with Crippen molar-refractivity contribution in [3.8, 4) is 0 Å². The van der Waals surface area contributed by atoms with E-state index < -0.39 is 0 Å². The van der Waals surface area contributed by atoms with Crippen LogP contribution >= 0.6 is 11.8 Å². The average Bonchev–Trinajstić information content (AvgIpc) is 2.30. The van der Waals surface area contributed by atoms with E-state index in [1.54, 1.807) is 12.1 Å². The molecule has 1 aromatic carbocycles. The minimum Gasteiger partial charge on any atom is -0.258 e. The van der Waals surface area contributed by atoms with Crippen LogP contribution in [0.1, 0.15) is 24.3 Å². The first-order chi connectivity index (χ1) is 7.27. The zero-order valence-corrected chi connectivity index (χ0v) is 9.20. The highest BCUT2D eigenvalue weighted by atomic mass is 32.2. The Kier molecular flexibility index (Phi) is 3.26. The Balaban J connectivity index is 2.11. The van der Waals surface area contributed by atoms with Gasteiger partial charge < -0.3 is 0 Å². The quantitative estimate of drug-likeness (QED) is 0.571. The molecular weight excluding hydrogens is 210 g/mol. The fourth-order valence-electron chi connectivity index (χ4n) is 1.90. The van der Waals surface area contributed by atoms with Crippen LogP contribution in [0.25, 0.3) is 0 Å². The summed E-state index contributed by atoms with van der Waals surface area (Å²) in [5.41, 5.74) is 1.44. The van der Waals surface area contributed by atoms with Crippen LogP contribution in [0.4, 0.5) is 5.69 Å². The zero-order chi connectivity index (χ0) is 10.7. The van der Waals surface area contributed by atoms with Gasteiger partial charge >= 0.3 is 0 Å². The molecule has 0 radical (unpaired) electrons. The third kappa shape index (κ3) is 2.50. The lowest BCUT2D eigenvalue weighted by Crippen LogP contribution is -2.07. The maximum atomic E-state index is 10.5. The van der Waals surface area contributed by atoms with Crippen molar-refractivity contribution in [2.45, 2.75) is 18.8 Å². The summed E-state index contributed by atoms with van der Waals surface area (Å²) in [6.07, 6.45) is 2.39. The molecule has 0 N–H and O–H groups in total. The largest absolute Gasteiger partial charge is 0.269 e. The van der Waals surface area contributed by atoms with Gasteiger partial charge in [0, 0.05) is 12.1 Å². The molecule has 1 aromatic rings. The predicted octanol–water partition coefficient (Wildman–Crippen LogP) is 3.21. The maximum Gasteiger partial charge on any atom is 0.269 e. The van der Waals surface area contributed by atoms with Crippen molar-refractivity contribution in [3.05, 3.63) is 39.9 Å². The Bertz CT molecular complexity index is 344. The van der Waals surface area contributed by atoms with Crippen molar-refractivity contribution in [1.29, 1.82) is 0 Å². The molecule has 15 heavy (non-hydrogen) atoms. The molecule has 0 bridgehead atoms. The summed E-state index contributed by atoms with van der Waals surface area (Å²) >= 11 is 1.99. The monoisotopic (exact) mass is 223 g/mol. The molecule has 0 saturated carbocycles. The number of nitro benzene ring substituents is 1. The van der Waals surface area contributed by atoms with E-state index in [2.05, 4.69) is 0 Å². The van der Waals surface area contributed by atoms with Gasteiger partial charge in [0.1, 0.15) is 0 Å². The second kappa shape index (κ2) is 4.66. The van der Waals surface area contributed by atoms with Gasteiger partial charge in [-0.1, -0.05) is 12.1 Å². The molecular formula is C11H13NO2S. The van der Waals surface area contributed by atoms with Gasteiger partial charge in [0.2, 0.25) is 0 Å². The molecule has 0 amide bonds. The minimum absolute atomic E-state index is 0.184. The van der Waals surface area contributed by atoms with Crippen molar-refractivity contribution in [2.24, 2.45) is 0 Å². The fraction of sp³-hybridized carbons (Fsp3) is 0.455. The van der Waals surface area contributed by atoms with Crippen molar-refractivity contribution in [1.82, 2.24) is 0 Å². The summed E-state index contributed by atoms with van der Waals surface area (Å²) in [4.78, 5) is 10.1. The van der Waals surface area contributed by atoms with E-state index in [0.29, 0.717) is 5.92 Å². The summed E-state index contributed by atoms with van der Waals surface area (Å²) < 4.78 is 0. The van der Waals surface area contributed by atoms with Crippen LogP contribution in [0.2, 0.25) is 0 Å². The molecule has 0 unspecified atom stereocenters. The Morgan fingerprint density at radius 2 is 1.80 bits per heavy atom. The van der Waals surface area contributed by atoms with Crippen LogP contribution in [0.5, 0.6) is 0 Å². The lowest BCUT2D eigenvalue weighted by Gasteiger charge is -2.21. The molecule has 80 valence electrons. The first-order valence-corrected chi connectivity index (χ1v) is 6.25. The first kappa shape index (κ1) is 10.5. The normalized spacial score (nSPS) is 17.6. The second-order valence-electron chi connectivity index (χ2n) is 3.74. The standard InChI is InChI=1S/C11H13NO2S/c13-12(14)11-3-1-9(2-4-11)10-5-7-15-8-6-10/h1-4,10H,5-8H2. The topological polar surface area (TPSA) is 43.1 Å². The number of hydrogen-bond donors (Lipinski definition) is 0. The summed E-state index contributed by atoms with van der Waals surface area (Å²) in [5.74, 6) is 3.02. The van der Waals surface area contributed by atoms with E-state index in [1.165, 1.54) is 29.9 Å². The smallest absolute Gasteiger partial charge is 0.258 e. The molecule has 1 fully saturated rings. The minimum atomic E-state index is -0.347. The van der Waals surface area contributed by atoms with Crippen LogP contribution in [0.3, 0.4) is 0 Å². The lowest BCUT2D eigenvalue weighted by molar-refractivity contribution is -0.384. The highest BCUT2D eigenvalue weighted by molar-refractivity contribution is 7.99. The SMILES string of the molecule is O=[N+]([O-])c1ccc(C2CCSCC2)cc1. The van der Waals surface area contributed by atoms with E-state index in [1.807, 2.05) is 23.9 Å². The number of thioether (sulfide) groups is 1. The molecule has 0 aromatic heterocycles. The van der Waals surface area contributed by atoms with Crippen LogP contribution in [0, 0.1) is 10.1 Å². The molecule has 3 nitrogen and oxygen atoms in total. The molecule has 4 heteroatoms. The number of rotatable bonds is 2. The van der Waals surface area contributed by atoms with Crippen molar-refractivity contribution < 1.29 is 4.92 Å². The van der Waals surface area contributed by atoms with E-state index in [9.17, 15) is 10.1 Å². The third-order valence-corrected chi connectivity index (χ3v) is 3.85. The summed E-state index contributed by atoms with van der Waals surface area (Å²) in [6.45, 7) is 0. The van der Waals surface area contributed by atoms with E-state index in [-0.39, 0.29) is 10.6 Å². The molecule has 1 heterocycles. The Hall–Kier alpha value is -1.03. The average molecular weight is 223 g/mol. The molecule has 1 aliphatic rings. The summed E-state index contributed by atoms with van der Waals surface area (Å²) in [6, 6.07) is 7.02. The van der Waals surface area contributed by atoms with Gasteiger partial charge in [-0.2, -0.15) is 11.8 Å². The molecule has 0 aliphatic carbocycles. The van der Waals surface area contributed by atoms with Gasteiger partial charge in [-0.15, -0.1) is 0 Å². The van der Waals surface area contributed by atoms with Crippen molar-refractivity contribution in [2.75, 3.05) is 11.5 Å². The van der Waals surface area contributed by atoms with Gasteiger partial charge in [0.25, 0.3) is 5.69 Å². The lowest BCUT2D eigenvalue weighted by atomic mass is 9.93. The van der Waals surface area contributed by atoms with Gasteiger partial charge in [-0.3, -0.25) is 10.1 Å². The third-order valence-electron chi connectivity index (χ3n) is 2.80. The summed E-state index contributed by atoms with van der Waals surface area (Å²) in [5, 5.41) is 10.5. The predicted molar refractivity (Wildman–Crippen MR) is 62.4 cm³/mol. The summed E-state index contributed by atoms with van der Waals surface area (Å²) in [7, 11) is 0. The number of nitrogens with zero attached hydrogens (tertiary/aromatic N) is 1. The van der Waals surface area contributed by atoms with Gasteiger partial charge in [-0.05, 0) is 35.8 Å². The molecule has 0 spiro atoms. The number of nitro groups is 1. The van der Waals surface area contributed by atoms with Crippen LogP contribution in [-0.4, -0.2) is 16.4 Å². The molecule has 0 atom stereocenters. The molecule has 1 saturated heterocycles.